The Kier molecular flexibility index (Phi) is 3.47. The minimum Gasteiger partial charge on any atom is -0.462 e. The zero-order chi connectivity index (χ0) is 14.8. The van der Waals surface area contributed by atoms with Gasteiger partial charge in [0.2, 0.25) is 0 Å². The van der Waals surface area contributed by atoms with Gasteiger partial charge < -0.3 is 19.9 Å². The molecule has 0 bridgehead atoms. The average molecular weight is 287 g/mol. The number of imidazole rings is 1. The molecule has 2 N–H and O–H groups in total. The molecule has 0 aromatic carbocycles. The summed E-state index contributed by atoms with van der Waals surface area (Å²) in [7, 11) is 0. The maximum absolute atomic E-state index is 12.1. The molecule has 0 radical (unpaired) electrons. The molecule has 0 amide bonds. The van der Waals surface area contributed by atoms with E-state index in [2.05, 4.69) is 14.5 Å². The maximum atomic E-state index is 12.1. The summed E-state index contributed by atoms with van der Waals surface area (Å²) in [4.78, 5) is 22.8. The van der Waals surface area contributed by atoms with Crippen molar-refractivity contribution in [2.75, 3.05) is 23.8 Å². The molecule has 3 heterocycles. The van der Waals surface area contributed by atoms with Crippen molar-refractivity contribution in [1.82, 2.24) is 14.5 Å². The highest BCUT2D eigenvalue weighted by molar-refractivity contribution is 5.95. The number of hydrogen-bond acceptors (Lipinski definition) is 6. The van der Waals surface area contributed by atoms with E-state index in [1.807, 2.05) is 11.1 Å². The molecule has 110 valence electrons. The monoisotopic (exact) mass is 287 g/mol. The van der Waals surface area contributed by atoms with E-state index >= 15 is 0 Å². The molecule has 0 saturated heterocycles. The molecular formula is C14H17N5O2. The zero-order valence-corrected chi connectivity index (χ0v) is 11.8. The molecule has 3 rings (SSSR count). The largest absolute Gasteiger partial charge is 0.462 e. The van der Waals surface area contributed by atoms with Crippen LogP contribution in [-0.4, -0.2) is 33.7 Å². The third-order valence-electron chi connectivity index (χ3n) is 3.43. The summed E-state index contributed by atoms with van der Waals surface area (Å²) < 4.78 is 7.18. The molecule has 0 aliphatic carbocycles. The molecule has 0 saturated carbocycles. The number of aromatic nitrogens is 3. The number of carbonyl (C=O) groups excluding carboxylic acids is 1. The van der Waals surface area contributed by atoms with Crippen LogP contribution in [0.15, 0.2) is 24.7 Å². The van der Waals surface area contributed by atoms with E-state index in [-0.39, 0.29) is 0 Å². The van der Waals surface area contributed by atoms with Crippen molar-refractivity contribution in [3.63, 3.8) is 0 Å². The number of ether oxygens (including phenoxy) is 1. The number of pyridine rings is 1. The summed E-state index contributed by atoms with van der Waals surface area (Å²) in [5.74, 6) is 1.15. The van der Waals surface area contributed by atoms with Crippen molar-refractivity contribution in [2.24, 2.45) is 0 Å². The summed E-state index contributed by atoms with van der Waals surface area (Å²) in [6.07, 6.45) is 5.29. The van der Waals surface area contributed by atoms with E-state index in [1.54, 1.807) is 25.4 Å². The van der Waals surface area contributed by atoms with Crippen LogP contribution in [0.3, 0.4) is 0 Å². The molecule has 0 spiro atoms. The Hall–Kier alpha value is -2.57. The Bertz CT molecular complexity index is 667. The van der Waals surface area contributed by atoms with Crippen LogP contribution in [-0.2, 0) is 17.8 Å². The minimum atomic E-state index is -0.402. The van der Waals surface area contributed by atoms with Gasteiger partial charge >= 0.3 is 5.97 Å². The summed E-state index contributed by atoms with van der Waals surface area (Å²) in [5, 5.41) is 0. The van der Waals surface area contributed by atoms with Crippen molar-refractivity contribution in [3.05, 3.63) is 36.0 Å². The van der Waals surface area contributed by atoms with Gasteiger partial charge in [-0.25, -0.2) is 14.8 Å². The highest BCUT2D eigenvalue weighted by Crippen LogP contribution is 2.24. The second kappa shape index (κ2) is 5.43. The van der Waals surface area contributed by atoms with E-state index in [0.29, 0.717) is 30.2 Å². The molecule has 1 aliphatic heterocycles. The van der Waals surface area contributed by atoms with Crippen LogP contribution in [0.25, 0.3) is 0 Å². The standard InChI is InChI=1S/C14H17N5O2/c1-2-21-14(20)11-7-10(15)8-17-13(11)19-6-5-18-4-3-16-12(18)9-19/h3-4,7-8H,2,5-6,9,15H2,1H3. The van der Waals surface area contributed by atoms with Crippen molar-refractivity contribution in [1.29, 1.82) is 0 Å². The third-order valence-corrected chi connectivity index (χ3v) is 3.43. The lowest BCUT2D eigenvalue weighted by atomic mass is 10.2. The number of hydrogen-bond donors (Lipinski definition) is 1. The summed E-state index contributed by atoms with van der Waals surface area (Å²) in [6, 6.07) is 1.61. The first-order valence-electron chi connectivity index (χ1n) is 6.86. The van der Waals surface area contributed by atoms with Gasteiger partial charge in [0.05, 0.1) is 25.0 Å². The minimum absolute atomic E-state index is 0.317. The Morgan fingerprint density at radius 1 is 1.43 bits per heavy atom. The van der Waals surface area contributed by atoms with Gasteiger partial charge in [0, 0.05) is 25.5 Å². The Labute approximate surface area is 122 Å². The first kappa shape index (κ1) is 13.4. The molecular weight excluding hydrogens is 270 g/mol. The normalized spacial score (nSPS) is 13.9. The van der Waals surface area contributed by atoms with Gasteiger partial charge in [0.15, 0.2) is 0 Å². The van der Waals surface area contributed by atoms with Gasteiger partial charge in [0.25, 0.3) is 0 Å². The van der Waals surface area contributed by atoms with Gasteiger partial charge in [-0.05, 0) is 13.0 Å². The second-order valence-corrected chi connectivity index (χ2v) is 4.82. The number of anilines is 2. The number of nitrogens with zero attached hydrogens (tertiary/aromatic N) is 4. The molecule has 0 atom stereocenters. The van der Waals surface area contributed by atoms with Crippen LogP contribution in [0, 0.1) is 0 Å². The average Bonchev–Trinajstić information content (AvgIpc) is 2.94. The number of carbonyl (C=O) groups is 1. The van der Waals surface area contributed by atoms with Crippen molar-refractivity contribution in [2.45, 2.75) is 20.0 Å². The molecule has 2 aromatic heterocycles. The third kappa shape index (κ3) is 2.54. The second-order valence-electron chi connectivity index (χ2n) is 4.82. The van der Waals surface area contributed by atoms with E-state index in [4.69, 9.17) is 10.5 Å². The SMILES string of the molecule is CCOC(=O)c1cc(N)cnc1N1CCn2ccnc2C1. The smallest absolute Gasteiger partial charge is 0.341 e. The lowest BCUT2D eigenvalue weighted by molar-refractivity contribution is 0.0526. The van der Waals surface area contributed by atoms with Crippen LogP contribution >= 0.6 is 0 Å². The molecule has 1 aliphatic rings. The fourth-order valence-electron chi connectivity index (χ4n) is 2.44. The van der Waals surface area contributed by atoms with Gasteiger partial charge in [-0.1, -0.05) is 0 Å². The molecule has 0 fully saturated rings. The molecule has 0 unspecified atom stereocenters. The summed E-state index contributed by atoms with van der Waals surface area (Å²) in [5.41, 5.74) is 6.59. The van der Waals surface area contributed by atoms with Gasteiger partial charge in [-0.15, -0.1) is 0 Å². The number of nitrogen functional groups attached to an aromatic ring is 1. The van der Waals surface area contributed by atoms with Gasteiger partial charge in [-0.3, -0.25) is 0 Å². The van der Waals surface area contributed by atoms with Crippen LogP contribution in [0.2, 0.25) is 0 Å². The highest BCUT2D eigenvalue weighted by atomic mass is 16.5. The lowest BCUT2D eigenvalue weighted by Crippen LogP contribution is -2.35. The van der Waals surface area contributed by atoms with Crippen molar-refractivity contribution >= 4 is 17.5 Å². The van der Waals surface area contributed by atoms with Crippen LogP contribution in [0.5, 0.6) is 0 Å². The number of fused-ring (bicyclic) bond motifs is 1. The summed E-state index contributed by atoms with van der Waals surface area (Å²) >= 11 is 0. The Balaban J connectivity index is 1.93. The Morgan fingerprint density at radius 2 is 2.29 bits per heavy atom. The molecule has 21 heavy (non-hydrogen) atoms. The van der Waals surface area contributed by atoms with E-state index in [1.165, 1.54) is 0 Å². The topological polar surface area (TPSA) is 86.3 Å². The fourth-order valence-corrected chi connectivity index (χ4v) is 2.44. The molecule has 2 aromatic rings. The molecule has 7 heteroatoms. The van der Waals surface area contributed by atoms with E-state index in [0.717, 1.165) is 18.9 Å². The van der Waals surface area contributed by atoms with Crippen molar-refractivity contribution in [3.8, 4) is 0 Å². The fraction of sp³-hybridized carbons (Fsp3) is 0.357. The van der Waals surface area contributed by atoms with Gasteiger partial charge in [-0.2, -0.15) is 0 Å². The van der Waals surface area contributed by atoms with Crippen LogP contribution < -0.4 is 10.6 Å². The first-order chi connectivity index (χ1) is 10.2. The quantitative estimate of drug-likeness (QED) is 0.849. The van der Waals surface area contributed by atoms with E-state index < -0.39 is 5.97 Å². The first-order valence-corrected chi connectivity index (χ1v) is 6.86. The lowest BCUT2D eigenvalue weighted by Gasteiger charge is -2.29. The number of nitrogens with two attached hydrogens (primary N) is 1. The predicted octanol–water partition coefficient (Wildman–Crippen LogP) is 1.06. The van der Waals surface area contributed by atoms with Crippen LogP contribution in [0.4, 0.5) is 11.5 Å². The zero-order valence-electron chi connectivity index (χ0n) is 11.8. The number of esters is 1. The highest BCUT2D eigenvalue weighted by Gasteiger charge is 2.23. The molecule has 7 nitrogen and oxygen atoms in total. The predicted molar refractivity (Wildman–Crippen MR) is 77.9 cm³/mol. The van der Waals surface area contributed by atoms with Crippen molar-refractivity contribution < 1.29 is 9.53 Å². The van der Waals surface area contributed by atoms with E-state index in [9.17, 15) is 4.79 Å². The van der Waals surface area contributed by atoms with Crippen LogP contribution in [0.1, 0.15) is 23.1 Å². The maximum Gasteiger partial charge on any atom is 0.341 e. The van der Waals surface area contributed by atoms with Gasteiger partial charge in [0.1, 0.15) is 17.2 Å². The summed E-state index contributed by atoms with van der Waals surface area (Å²) in [6.45, 7) is 4.26. The number of rotatable bonds is 3. The Morgan fingerprint density at radius 3 is 3.10 bits per heavy atom.